The molecule has 1 fully saturated rings. The lowest BCUT2D eigenvalue weighted by atomic mass is 10.1. The molecule has 90 valence electrons. The molecule has 2 aromatic rings. The number of piperidine rings is 1. The molecular weight excluding hydrogens is 232 g/mol. The predicted molar refractivity (Wildman–Crippen MR) is 71.5 cm³/mol. The maximum absolute atomic E-state index is 12.0. The van der Waals surface area contributed by atoms with E-state index < -0.39 is 0 Å². The molecule has 1 saturated heterocycles. The number of nitrogens with zero attached hydrogens (tertiary/aromatic N) is 2. The van der Waals surface area contributed by atoms with Crippen molar-refractivity contribution in [2.45, 2.75) is 25.9 Å². The number of benzene rings is 1. The largest absolute Gasteiger partial charge is 0.309 e. The molecule has 1 aliphatic rings. The number of hydrogen-bond acceptors (Lipinski definition) is 3. The van der Waals surface area contributed by atoms with Crippen molar-refractivity contribution >= 4 is 21.6 Å². The highest BCUT2D eigenvalue weighted by Crippen LogP contribution is 2.18. The maximum Gasteiger partial charge on any atom is 0.309 e. The lowest BCUT2D eigenvalue weighted by molar-refractivity contribution is 0.184. The second-order valence-electron chi connectivity index (χ2n) is 4.58. The third-order valence-corrected chi connectivity index (χ3v) is 4.32. The monoisotopic (exact) mass is 248 g/mol. The van der Waals surface area contributed by atoms with Crippen LogP contribution in [0.25, 0.3) is 10.2 Å². The summed E-state index contributed by atoms with van der Waals surface area (Å²) in [5, 5.41) is 0. The van der Waals surface area contributed by atoms with E-state index >= 15 is 0 Å². The molecular formula is C13H16N2OS. The Hall–Kier alpha value is -1.13. The van der Waals surface area contributed by atoms with Gasteiger partial charge in [-0.25, -0.2) is 0 Å². The van der Waals surface area contributed by atoms with Crippen LogP contribution in [0.2, 0.25) is 0 Å². The van der Waals surface area contributed by atoms with Crippen LogP contribution in [0.1, 0.15) is 19.3 Å². The van der Waals surface area contributed by atoms with Gasteiger partial charge in [-0.15, -0.1) is 0 Å². The molecule has 0 amide bonds. The van der Waals surface area contributed by atoms with Gasteiger partial charge in [-0.2, -0.15) is 0 Å². The van der Waals surface area contributed by atoms with E-state index in [1.54, 1.807) is 0 Å². The molecule has 4 heteroatoms. The summed E-state index contributed by atoms with van der Waals surface area (Å²) < 4.78 is 3.00. The molecule has 0 bridgehead atoms. The summed E-state index contributed by atoms with van der Waals surface area (Å²) in [6.45, 7) is 3.00. The van der Waals surface area contributed by atoms with Crippen LogP contribution < -0.4 is 4.87 Å². The maximum atomic E-state index is 12.0. The second kappa shape index (κ2) is 4.63. The summed E-state index contributed by atoms with van der Waals surface area (Å²) in [4.78, 5) is 14.5. The van der Waals surface area contributed by atoms with Crippen LogP contribution in [-0.2, 0) is 6.67 Å². The van der Waals surface area contributed by atoms with Gasteiger partial charge in [0.1, 0.15) is 0 Å². The van der Waals surface area contributed by atoms with Crippen LogP contribution in [0.3, 0.4) is 0 Å². The van der Waals surface area contributed by atoms with Gasteiger partial charge in [0.15, 0.2) is 0 Å². The molecule has 0 spiro atoms. The van der Waals surface area contributed by atoms with E-state index in [1.165, 1.54) is 30.6 Å². The zero-order chi connectivity index (χ0) is 11.7. The van der Waals surface area contributed by atoms with Gasteiger partial charge in [0.05, 0.1) is 16.9 Å². The SMILES string of the molecule is O=c1sc2ccccc2n1CN1CCCCC1. The fourth-order valence-corrected chi connectivity index (χ4v) is 3.33. The minimum absolute atomic E-state index is 0.164. The van der Waals surface area contributed by atoms with Gasteiger partial charge in [0.25, 0.3) is 0 Å². The molecule has 1 aromatic heterocycles. The van der Waals surface area contributed by atoms with E-state index in [0.29, 0.717) is 0 Å². The fraction of sp³-hybridized carbons (Fsp3) is 0.462. The molecule has 0 saturated carbocycles. The average molecular weight is 248 g/mol. The molecule has 3 rings (SSSR count). The smallest absolute Gasteiger partial charge is 0.286 e. The molecule has 0 radical (unpaired) electrons. The molecule has 3 nitrogen and oxygen atoms in total. The Morgan fingerprint density at radius 2 is 1.88 bits per heavy atom. The molecule has 0 atom stereocenters. The summed E-state index contributed by atoms with van der Waals surface area (Å²) >= 11 is 1.35. The number of rotatable bonds is 2. The van der Waals surface area contributed by atoms with Crippen LogP contribution in [0.5, 0.6) is 0 Å². The zero-order valence-electron chi connectivity index (χ0n) is 9.76. The van der Waals surface area contributed by atoms with Crippen molar-refractivity contribution in [3.8, 4) is 0 Å². The summed E-state index contributed by atoms with van der Waals surface area (Å²) in [6, 6.07) is 8.05. The lowest BCUT2D eigenvalue weighted by Crippen LogP contribution is -2.34. The van der Waals surface area contributed by atoms with E-state index in [2.05, 4.69) is 4.90 Å². The Morgan fingerprint density at radius 1 is 1.12 bits per heavy atom. The van der Waals surface area contributed by atoms with Gasteiger partial charge in [-0.3, -0.25) is 14.3 Å². The van der Waals surface area contributed by atoms with E-state index in [4.69, 9.17) is 0 Å². The minimum atomic E-state index is 0.164. The van der Waals surface area contributed by atoms with Crippen LogP contribution in [-0.4, -0.2) is 22.6 Å². The summed E-state index contributed by atoms with van der Waals surface area (Å²) in [6.07, 6.45) is 3.85. The highest BCUT2D eigenvalue weighted by atomic mass is 32.1. The van der Waals surface area contributed by atoms with E-state index in [0.717, 1.165) is 30.0 Å². The normalized spacial score (nSPS) is 17.6. The number of fused-ring (bicyclic) bond motifs is 1. The van der Waals surface area contributed by atoms with Crippen LogP contribution in [0.4, 0.5) is 0 Å². The first-order chi connectivity index (χ1) is 8.34. The fourth-order valence-electron chi connectivity index (χ4n) is 2.45. The highest BCUT2D eigenvalue weighted by Gasteiger charge is 2.13. The van der Waals surface area contributed by atoms with Gasteiger partial charge in [-0.1, -0.05) is 29.9 Å². The van der Waals surface area contributed by atoms with Crippen molar-refractivity contribution < 1.29 is 0 Å². The molecule has 1 aromatic carbocycles. The Morgan fingerprint density at radius 3 is 2.71 bits per heavy atom. The van der Waals surface area contributed by atoms with Gasteiger partial charge in [0, 0.05) is 0 Å². The number of para-hydroxylation sites is 1. The van der Waals surface area contributed by atoms with Crippen molar-refractivity contribution in [3.63, 3.8) is 0 Å². The summed E-state index contributed by atoms with van der Waals surface area (Å²) in [5.41, 5.74) is 1.08. The first-order valence-corrected chi connectivity index (χ1v) is 6.97. The number of hydrogen-bond donors (Lipinski definition) is 0. The summed E-state index contributed by atoms with van der Waals surface area (Å²) in [5.74, 6) is 0. The molecule has 17 heavy (non-hydrogen) atoms. The third-order valence-electron chi connectivity index (χ3n) is 3.36. The highest BCUT2D eigenvalue weighted by molar-refractivity contribution is 7.16. The standard InChI is InChI=1S/C13H16N2OS/c16-13-15(10-14-8-4-1-5-9-14)11-6-2-3-7-12(11)17-13/h2-3,6-7H,1,4-5,8-10H2. The van der Waals surface area contributed by atoms with E-state index in [-0.39, 0.29) is 4.87 Å². The predicted octanol–water partition coefficient (Wildman–Crippen LogP) is 2.51. The van der Waals surface area contributed by atoms with E-state index in [9.17, 15) is 4.79 Å². The van der Waals surface area contributed by atoms with Crippen molar-refractivity contribution in [1.82, 2.24) is 9.47 Å². The van der Waals surface area contributed by atoms with Crippen molar-refractivity contribution in [2.24, 2.45) is 0 Å². The lowest BCUT2D eigenvalue weighted by Gasteiger charge is -2.26. The first-order valence-electron chi connectivity index (χ1n) is 6.15. The van der Waals surface area contributed by atoms with Crippen LogP contribution in [0, 0.1) is 0 Å². The first kappa shape index (κ1) is 11.0. The number of likely N-dealkylation sites (tertiary alicyclic amines) is 1. The Balaban J connectivity index is 1.93. The quantitative estimate of drug-likeness (QED) is 0.816. The summed E-state index contributed by atoms with van der Waals surface area (Å²) in [7, 11) is 0. The number of thiazole rings is 1. The van der Waals surface area contributed by atoms with Gasteiger partial charge < -0.3 is 0 Å². The zero-order valence-corrected chi connectivity index (χ0v) is 10.6. The van der Waals surface area contributed by atoms with Gasteiger partial charge >= 0.3 is 4.87 Å². The van der Waals surface area contributed by atoms with E-state index in [1.807, 2.05) is 28.8 Å². The second-order valence-corrected chi connectivity index (χ2v) is 5.58. The van der Waals surface area contributed by atoms with Crippen LogP contribution >= 0.6 is 11.3 Å². The number of aromatic nitrogens is 1. The van der Waals surface area contributed by atoms with Crippen molar-refractivity contribution in [3.05, 3.63) is 33.9 Å². The van der Waals surface area contributed by atoms with Crippen molar-refractivity contribution in [1.29, 1.82) is 0 Å². The Labute approximate surface area is 104 Å². The average Bonchev–Trinajstić information content (AvgIpc) is 2.68. The Kier molecular flexibility index (Phi) is 2.99. The van der Waals surface area contributed by atoms with Crippen molar-refractivity contribution in [2.75, 3.05) is 13.1 Å². The molecule has 0 aliphatic carbocycles. The molecule has 1 aliphatic heterocycles. The van der Waals surface area contributed by atoms with Gasteiger partial charge in [0.2, 0.25) is 0 Å². The van der Waals surface area contributed by atoms with Crippen LogP contribution in [0.15, 0.2) is 29.1 Å². The Bertz CT molecular complexity index is 566. The topological polar surface area (TPSA) is 25.2 Å². The minimum Gasteiger partial charge on any atom is -0.286 e. The molecule has 0 N–H and O–H groups in total. The molecule has 0 unspecified atom stereocenters. The van der Waals surface area contributed by atoms with Gasteiger partial charge in [-0.05, 0) is 38.1 Å². The third kappa shape index (κ3) is 2.15. The molecule has 2 heterocycles.